The van der Waals surface area contributed by atoms with Gasteiger partial charge in [-0.05, 0) is 43.5 Å². The Morgan fingerprint density at radius 2 is 1.69 bits per heavy atom. The van der Waals surface area contributed by atoms with Crippen molar-refractivity contribution in [3.05, 3.63) is 28.8 Å². The van der Waals surface area contributed by atoms with E-state index in [1.807, 2.05) is 13.8 Å². The average Bonchev–Trinajstić information content (AvgIpc) is 2.08. The first kappa shape index (κ1) is 12.9. The standard InChI is InChI=1S/C12H16O3S/c1-8-5-11(7-10(3)13)12(6-9(8)2)16(4,14)15/h5-6H,7H2,1-4H3. The minimum atomic E-state index is -3.27. The summed E-state index contributed by atoms with van der Waals surface area (Å²) in [5, 5.41) is 0. The van der Waals surface area contributed by atoms with Crippen molar-refractivity contribution in [1.29, 1.82) is 0 Å². The molecular weight excluding hydrogens is 224 g/mol. The normalized spacial score (nSPS) is 11.5. The Hall–Kier alpha value is -1.16. The van der Waals surface area contributed by atoms with Crippen molar-refractivity contribution < 1.29 is 13.2 Å². The van der Waals surface area contributed by atoms with Crippen molar-refractivity contribution in [2.75, 3.05) is 6.26 Å². The highest BCUT2D eigenvalue weighted by molar-refractivity contribution is 7.90. The molecule has 0 aromatic heterocycles. The number of aryl methyl sites for hydroxylation is 2. The zero-order valence-electron chi connectivity index (χ0n) is 9.99. The molecule has 0 aliphatic heterocycles. The molecule has 0 heterocycles. The molecule has 88 valence electrons. The summed E-state index contributed by atoms with van der Waals surface area (Å²) in [7, 11) is -3.27. The van der Waals surface area contributed by atoms with Crippen LogP contribution in [0.15, 0.2) is 17.0 Å². The summed E-state index contributed by atoms with van der Waals surface area (Å²) < 4.78 is 23.2. The van der Waals surface area contributed by atoms with E-state index in [9.17, 15) is 13.2 Å². The van der Waals surface area contributed by atoms with Gasteiger partial charge in [0.1, 0.15) is 5.78 Å². The Balaban J connectivity index is 3.45. The lowest BCUT2D eigenvalue weighted by molar-refractivity contribution is -0.116. The molecule has 0 N–H and O–H groups in total. The van der Waals surface area contributed by atoms with Crippen LogP contribution in [0.4, 0.5) is 0 Å². The molecule has 0 aliphatic rings. The van der Waals surface area contributed by atoms with Gasteiger partial charge in [-0.3, -0.25) is 4.79 Å². The molecule has 3 nitrogen and oxygen atoms in total. The highest BCUT2D eigenvalue weighted by Crippen LogP contribution is 2.21. The fraction of sp³-hybridized carbons (Fsp3) is 0.417. The molecule has 16 heavy (non-hydrogen) atoms. The van der Waals surface area contributed by atoms with E-state index in [2.05, 4.69) is 0 Å². The Morgan fingerprint density at radius 3 is 2.12 bits per heavy atom. The second kappa shape index (κ2) is 4.37. The minimum Gasteiger partial charge on any atom is -0.300 e. The van der Waals surface area contributed by atoms with Gasteiger partial charge in [-0.25, -0.2) is 8.42 Å². The summed E-state index contributed by atoms with van der Waals surface area (Å²) in [4.78, 5) is 11.4. The number of benzene rings is 1. The Bertz CT molecular complexity index is 527. The third-order valence-electron chi connectivity index (χ3n) is 2.52. The summed E-state index contributed by atoms with van der Waals surface area (Å²) in [6, 6.07) is 3.43. The molecule has 0 saturated heterocycles. The van der Waals surface area contributed by atoms with E-state index in [0.717, 1.165) is 11.1 Å². The van der Waals surface area contributed by atoms with Crippen LogP contribution in [0.5, 0.6) is 0 Å². The Morgan fingerprint density at radius 1 is 1.19 bits per heavy atom. The summed E-state index contributed by atoms with van der Waals surface area (Å²) in [6.45, 7) is 5.23. The van der Waals surface area contributed by atoms with Crippen molar-refractivity contribution in [3.8, 4) is 0 Å². The van der Waals surface area contributed by atoms with E-state index in [1.165, 1.54) is 13.2 Å². The monoisotopic (exact) mass is 240 g/mol. The van der Waals surface area contributed by atoms with Crippen LogP contribution in [-0.2, 0) is 21.1 Å². The van der Waals surface area contributed by atoms with E-state index in [0.29, 0.717) is 5.56 Å². The molecule has 0 aliphatic carbocycles. The lowest BCUT2D eigenvalue weighted by Gasteiger charge is -2.10. The number of carbonyl (C=O) groups excluding carboxylic acids is 1. The molecule has 0 spiro atoms. The topological polar surface area (TPSA) is 51.2 Å². The zero-order valence-corrected chi connectivity index (χ0v) is 10.8. The zero-order chi connectivity index (χ0) is 12.5. The maximum absolute atomic E-state index is 11.6. The molecule has 0 amide bonds. The number of sulfone groups is 1. The molecule has 0 unspecified atom stereocenters. The molecule has 0 atom stereocenters. The lowest BCUT2D eigenvalue weighted by Crippen LogP contribution is -2.07. The molecule has 0 fully saturated rings. The minimum absolute atomic E-state index is 0.0341. The molecular formula is C12H16O3S. The van der Waals surface area contributed by atoms with Gasteiger partial charge in [0.15, 0.2) is 9.84 Å². The van der Waals surface area contributed by atoms with E-state index in [4.69, 9.17) is 0 Å². The van der Waals surface area contributed by atoms with Gasteiger partial charge in [-0.2, -0.15) is 0 Å². The molecule has 0 bridgehead atoms. The summed E-state index contributed by atoms with van der Waals surface area (Å²) in [5.41, 5.74) is 2.52. The van der Waals surface area contributed by atoms with Crippen LogP contribution in [0.1, 0.15) is 23.6 Å². The second-order valence-corrected chi connectivity index (χ2v) is 6.18. The van der Waals surface area contributed by atoms with Gasteiger partial charge < -0.3 is 0 Å². The first-order valence-electron chi connectivity index (χ1n) is 5.01. The molecule has 1 aromatic rings. The van der Waals surface area contributed by atoms with Crippen molar-refractivity contribution in [2.24, 2.45) is 0 Å². The molecule has 4 heteroatoms. The smallest absolute Gasteiger partial charge is 0.175 e. The molecule has 0 saturated carbocycles. The highest BCUT2D eigenvalue weighted by atomic mass is 32.2. The molecule has 1 rings (SSSR count). The van der Waals surface area contributed by atoms with Gasteiger partial charge in [0.2, 0.25) is 0 Å². The summed E-state index contributed by atoms with van der Waals surface area (Å²) in [6.07, 6.45) is 1.34. The largest absolute Gasteiger partial charge is 0.300 e. The summed E-state index contributed by atoms with van der Waals surface area (Å²) in [5.74, 6) is -0.0341. The molecule has 1 aromatic carbocycles. The van der Waals surface area contributed by atoms with E-state index in [1.54, 1.807) is 12.1 Å². The van der Waals surface area contributed by atoms with Crippen molar-refractivity contribution >= 4 is 15.6 Å². The van der Waals surface area contributed by atoms with E-state index >= 15 is 0 Å². The maximum Gasteiger partial charge on any atom is 0.175 e. The third-order valence-corrected chi connectivity index (χ3v) is 3.69. The highest BCUT2D eigenvalue weighted by Gasteiger charge is 2.15. The maximum atomic E-state index is 11.6. The number of rotatable bonds is 3. The quantitative estimate of drug-likeness (QED) is 0.810. The van der Waals surface area contributed by atoms with Gasteiger partial charge in [-0.1, -0.05) is 6.07 Å². The predicted octanol–water partition coefficient (Wildman–Crippen LogP) is 1.84. The SMILES string of the molecule is CC(=O)Cc1cc(C)c(C)cc1S(C)(=O)=O. The van der Waals surface area contributed by atoms with E-state index in [-0.39, 0.29) is 17.1 Å². The van der Waals surface area contributed by atoms with Crippen LogP contribution in [0.3, 0.4) is 0 Å². The van der Waals surface area contributed by atoms with Crippen LogP contribution in [0.2, 0.25) is 0 Å². The number of hydrogen-bond acceptors (Lipinski definition) is 3. The summed E-state index contributed by atoms with van der Waals surface area (Å²) >= 11 is 0. The van der Waals surface area contributed by atoms with Gasteiger partial charge in [0, 0.05) is 12.7 Å². The number of carbonyl (C=O) groups is 1. The van der Waals surface area contributed by atoms with Crippen molar-refractivity contribution in [1.82, 2.24) is 0 Å². The fourth-order valence-electron chi connectivity index (χ4n) is 1.60. The first-order chi connectivity index (χ1) is 7.21. The lowest BCUT2D eigenvalue weighted by atomic mass is 10.0. The van der Waals surface area contributed by atoms with Gasteiger partial charge in [0.25, 0.3) is 0 Å². The van der Waals surface area contributed by atoms with Gasteiger partial charge >= 0.3 is 0 Å². The first-order valence-corrected chi connectivity index (χ1v) is 6.90. The van der Waals surface area contributed by atoms with Crippen LogP contribution in [-0.4, -0.2) is 20.5 Å². The predicted molar refractivity (Wildman–Crippen MR) is 63.4 cm³/mol. The second-order valence-electron chi connectivity index (χ2n) is 4.20. The van der Waals surface area contributed by atoms with E-state index < -0.39 is 9.84 Å². The van der Waals surface area contributed by atoms with Crippen LogP contribution >= 0.6 is 0 Å². The van der Waals surface area contributed by atoms with Crippen LogP contribution < -0.4 is 0 Å². The van der Waals surface area contributed by atoms with Gasteiger partial charge in [-0.15, -0.1) is 0 Å². The molecule has 0 radical (unpaired) electrons. The number of ketones is 1. The van der Waals surface area contributed by atoms with Crippen LogP contribution in [0.25, 0.3) is 0 Å². The Kier molecular flexibility index (Phi) is 3.53. The number of Topliss-reactive ketones (excluding diaryl/α,β-unsaturated/α-hetero) is 1. The van der Waals surface area contributed by atoms with Crippen molar-refractivity contribution in [3.63, 3.8) is 0 Å². The van der Waals surface area contributed by atoms with Crippen molar-refractivity contribution in [2.45, 2.75) is 32.1 Å². The fourth-order valence-corrected chi connectivity index (χ4v) is 2.60. The number of hydrogen-bond donors (Lipinski definition) is 0. The third kappa shape index (κ3) is 2.92. The average molecular weight is 240 g/mol. The van der Waals surface area contributed by atoms with Gasteiger partial charge in [0.05, 0.1) is 4.90 Å². The van der Waals surface area contributed by atoms with Crippen LogP contribution in [0, 0.1) is 13.8 Å². The Labute approximate surface area is 96.4 Å².